The molecule has 2 rings (SSSR count). The molecule has 0 aromatic heterocycles. The lowest BCUT2D eigenvalue weighted by Gasteiger charge is -2.26. The summed E-state index contributed by atoms with van der Waals surface area (Å²) >= 11 is 0. The Bertz CT molecular complexity index is 495. The predicted octanol–water partition coefficient (Wildman–Crippen LogP) is 3.78. The molecule has 0 atom stereocenters. The second kappa shape index (κ2) is 8.10. The average Bonchev–Trinajstić information content (AvgIpc) is 2.54. The van der Waals surface area contributed by atoms with E-state index in [1.54, 1.807) is 0 Å². The van der Waals surface area contributed by atoms with Crippen LogP contribution in [0.25, 0.3) is 0 Å². The Kier molecular flexibility index (Phi) is 5.83. The zero-order chi connectivity index (χ0) is 14.9. The van der Waals surface area contributed by atoms with Gasteiger partial charge >= 0.3 is 0 Å². The van der Waals surface area contributed by atoms with Gasteiger partial charge in [0.2, 0.25) is 0 Å². The van der Waals surface area contributed by atoms with Crippen LogP contribution in [0.3, 0.4) is 0 Å². The molecule has 0 saturated heterocycles. The van der Waals surface area contributed by atoms with E-state index in [9.17, 15) is 0 Å². The van der Waals surface area contributed by atoms with Crippen molar-refractivity contribution in [2.24, 2.45) is 0 Å². The first-order valence-electron chi connectivity index (χ1n) is 7.29. The fourth-order valence-corrected chi connectivity index (χ4v) is 2.11. The molecule has 0 saturated carbocycles. The zero-order valence-electron chi connectivity index (χ0n) is 12.4. The minimum absolute atomic E-state index is 0.435. The van der Waals surface area contributed by atoms with Crippen LogP contribution in [-0.2, 0) is 13.1 Å². The summed E-state index contributed by atoms with van der Waals surface area (Å²) in [5.41, 5.74) is 2.41. The van der Waals surface area contributed by atoms with E-state index in [1.807, 2.05) is 47.8 Å². The number of nitrogens with zero attached hydrogens (tertiary/aromatic N) is 1. The summed E-state index contributed by atoms with van der Waals surface area (Å²) in [6.45, 7) is 5.41. The molecule has 21 heavy (non-hydrogen) atoms. The summed E-state index contributed by atoms with van der Waals surface area (Å²) in [4.78, 5) is 2.04. The molecule has 0 unspecified atom stereocenters. The maximum Gasteiger partial charge on any atom is 0.191 e. The van der Waals surface area contributed by atoms with Crippen molar-refractivity contribution in [1.29, 1.82) is 5.41 Å². The van der Waals surface area contributed by atoms with Gasteiger partial charge in [0.25, 0.3) is 0 Å². The lowest BCUT2D eigenvalue weighted by atomic mass is 10.2. The van der Waals surface area contributed by atoms with Gasteiger partial charge in [-0.1, -0.05) is 67.6 Å². The monoisotopic (exact) mass is 280 g/mol. The van der Waals surface area contributed by atoms with Crippen molar-refractivity contribution in [3.63, 3.8) is 0 Å². The van der Waals surface area contributed by atoms with Gasteiger partial charge in [-0.05, 0) is 17.5 Å². The molecular formula is C18H22N3. The van der Waals surface area contributed by atoms with Crippen LogP contribution < -0.4 is 5.32 Å². The molecule has 0 amide bonds. The Labute approximate surface area is 127 Å². The zero-order valence-corrected chi connectivity index (χ0v) is 12.4. The van der Waals surface area contributed by atoms with Crippen LogP contribution in [0.2, 0.25) is 0 Å². The summed E-state index contributed by atoms with van der Waals surface area (Å²) < 4.78 is 0. The maximum absolute atomic E-state index is 8.23. The van der Waals surface area contributed by atoms with Gasteiger partial charge in [-0.15, -0.1) is 0 Å². The van der Waals surface area contributed by atoms with Crippen LogP contribution in [0, 0.1) is 12.0 Å². The molecular weight excluding hydrogens is 258 g/mol. The third-order valence-corrected chi connectivity index (χ3v) is 3.19. The molecule has 2 aromatic carbocycles. The fourth-order valence-electron chi connectivity index (χ4n) is 2.11. The van der Waals surface area contributed by atoms with E-state index in [-0.39, 0.29) is 0 Å². The Hall–Kier alpha value is -2.29. The average molecular weight is 280 g/mol. The van der Waals surface area contributed by atoms with Gasteiger partial charge in [-0.3, -0.25) is 5.41 Å². The quantitative estimate of drug-likeness (QED) is 0.624. The lowest BCUT2D eigenvalue weighted by molar-refractivity contribution is 0.390. The van der Waals surface area contributed by atoms with E-state index in [1.165, 1.54) is 11.1 Å². The van der Waals surface area contributed by atoms with Crippen molar-refractivity contribution in [2.45, 2.75) is 26.4 Å². The SMILES string of the molecule is CC[CH]NC(=N)N(Cc1ccccc1)Cc1ccccc1. The molecule has 0 heterocycles. The smallest absolute Gasteiger partial charge is 0.191 e. The Morgan fingerprint density at radius 1 is 0.952 bits per heavy atom. The highest BCUT2D eigenvalue weighted by molar-refractivity contribution is 5.77. The van der Waals surface area contributed by atoms with Crippen LogP contribution in [0.4, 0.5) is 0 Å². The first-order chi connectivity index (χ1) is 10.3. The van der Waals surface area contributed by atoms with E-state index < -0.39 is 0 Å². The van der Waals surface area contributed by atoms with Gasteiger partial charge in [0.1, 0.15) is 0 Å². The first-order valence-corrected chi connectivity index (χ1v) is 7.29. The highest BCUT2D eigenvalue weighted by atomic mass is 15.3. The van der Waals surface area contributed by atoms with E-state index in [4.69, 9.17) is 5.41 Å². The minimum atomic E-state index is 0.435. The van der Waals surface area contributed by atoms with Gasteiger partial charge in [-0.2, -0.15) is 0 Å². The molecule has 3 nitrogen and oxygen atoms in total. The number of hydrogen-bond donors (Lipinski definition) is 2. The Balaban J connectivity index is 2.08. The van der Waals surface area contributed by atoms with Crippen LogP contribution in [0.5, 0.6) is 0 Å². The Morgan fingerprint density at radius 3 is 1.86 bits per heavy atom. The van der Waals surface area contributed by atoms with Crippen LogP contribution in [0.1, 0.15) is 24.5 Å². The van der Waals surface area contributed by atoms with E-state index >= 15 is 0 Å². The molecule has 0 fully saturated rings. The van der Waals surface area contributed by atoms with Crippen LogP contribution in [-0.4, -0.2) is 10.9 Å². The van der Waals surface area contributed by atoms with Gasteiger partial charge in [-0.25, -0.2) is 0 Å². The third kappa shape index (κ3) is 4.95. The molecule has 0 aliphatic carbocycles. The number of hydrogen-bond acceptors (Lipinski definition) is 1. The molecule has 0 bridgehead atoms. The van der Waals surface area contributed by atoms with Crippen molar-refractivity contribution in [3.8, 4) is 0 Å². The van der Waals surface area contributed by atoms with Crippen LogP contribution >= 0.6 is 0 Å². The first kappa shape index (κ1) is 15.1. The van der Waals surface area contributed by atoms with Gasteiger partial charge < -0.3 is 10.2 Å². The molecule has 2 N–H and O–H groups in total. The number of rotatable bonds is 6. The summed E-state index contributed by atoms with van der Waals surface area (Å²) in [7, 11) is 0. The molecule has 0 spiro atoms. The molecule has 2 aromatic rings. The lowest BCUT2D eigenvalue weighted by Crippen LogP contribution is -2.38. The van der Waals surface area contributed by atoms with Crippen molar-refractivity contribution in [3.05, 3.63) is 78.3 Å². The highest BCUT2D eigenvalue weighted by Crippen LogP contribution is 2.10. The van der Waals surface area contributed by atoms with Gasteiger partial charge in [0, 0.05) is 19.6 Å². The molecule has 1 radical (unpaired) electrons. The highest BCUT2D eigenvalue weighted by Gasteiger charge is 2.10. The molecule has 0 aliphatic rings. The van der Waals surface area contributed by atoms with E-state index in [0.717, 1.165) is 19.5 Å². The maximum atomic E-state index is 8.23. The summed E-state index contributed by atoms with van der Waals surface area (Å²) in [5, 5.41) is 11.3. The second-order valence-electron chi connectivity index (χ2n) is 4.93. The predicted molar refractivity (Wildman–Crippen MR) is 87.6 cm³/mol. The van der Waals surface area contributed by atoms with Gasteiger partial charge in [0.05, 0.1) is 0 Å². The number of nitrogens with one attached hydrogen (secondary N) is 2. The summed E-state index contributed by atoms with van der Waals surface area (Å²) in [5.74, 6) is 0.435. The van der Waals surface area contributed by atoms with Crippen LogP contribution in [0.15, 0.2) is 60.7 Å². The third-order valence-electron chi connectivity index (χ3n) is 3.19. The van der Waals surface area contributed by atoms with Crippen molar-refractivity contribution in [1.82, 2.24) is 10.2 Å². The summed E-state index contributed by atoms with van der Waals surface area (Å²) in [6.07, 6.45) is 0.896. The number of guanidine groups is 1. The minimum Gasteiger partial charge on any atom is -0.352 e. The normalized spacial score (nSPS) is 10.1. The van der Waals surface area contributed by atoms with Crippen molar-refractivity contribution < 1.29 is 0 Å². The molecule has 109 valence electrons. The second-order valence-corrected chi connectivity index (χ2v) is 4.93. The topological polar surface area (TPSA) is 39.1 Å². The molecule has 0 aliphatic heterocycles. The van der Waals surface area contributed by atoms with Gasteiger partial charge in [0.15, 0.2) is 5.96 Å². The molecule has 3 heteroatoms. The summed E-state index contributed by atoms with van der Waals surface area (Å²) in [6, 6.07) is 20.5. The number of benzene rings is 2. The van der Waals surface area contributed by atoms with E-state index in [2.05, 4.69) is 36.5 Å². The van der Waals surface area contributed by atoms with E-state index in [0.29, 0.717) is 5.96 Å². The standard InChI is InChI=1S/C18H22N3/c1-2-13-20-18(19)21(14-16-9-5-3-6-10-16)15-17-11-7-4-8-12-17/h3-13H,2,14-15H2,1H3,(H2,19,20). The fraction of sp³-hybridized carbons (Fsp3) is 0.222. The van der Waals surface area contributed by atoms with Crippen molar-refractivity contribution in [2.75, 3.05) is 0 Å². The largest absolute Gasteiger partial charge is 0.352 e. The van der Waals surface area contributed by atoms with Crippen molar-refractivity contribution >= 4 is 5.96 Å². The Morgan fingerprint density at radius 2 is 1.43 bits per heavy atom.